The highest BCUT2D eigenvalue weighted by Crippen LogP contribution is 2.15. The fourth-order valence-electron chi connectivity index (χ4n) is 1.42. The molecule has 0 aromatic heterocycles. The maximum absolute atomic E-state index is 10.9. The predicted molar refractivity (Wildman–Crippen MR) is 63.3 cm³/mol. The van der Waals surface area contributed by atoms with Gasteiger partial charge < -0.3 is 16.2 Å². The fraction of sp³-hybridized carbons (Fsp3) is 0.417. The molecule has 1 unspecified atom stereocenters. The van der Waals surface area contributed by atoms with Crippen molar-refractivity contribution in [2.45, 2.75) is 25.9 Å². The number of carbonyl (C=O) groups is 1. The van der Waals surface area contributed by atoms with E-state index in [1.165, 1.54) is 0 Å². The van der Waals surface area contributed by atoms with Crippen LogP contribution in [0.5, 0.6) is 5.75 Å². The molecule has 16 heavy (non-hydrogen) atoms. The quantitative estimate of drug-likeness (QED) is 0.761. The zero-order valence-electron chi connectivity index (χ0n) is 9.48. The summed E-state index contributed by atoms with van der Waals surface area (Å²) in [5.41, 5.74) is 11.1. The molecule has 0 fully saturated rings. The summed E-state index contributed by atoms with van der Waals surface area (Å²) in [4.78, 5) is 10.9. The SMILES string of the molecule is CCC(CCN)Oc1ccc(C(N)=O)cc1. The fourth-order valence-corrected chi connectivity index (χ4v) is 1.42. The molecule has 0 bridgehead atoms. The highest BCUT2D eigenvalue weighted by atomic mass is 16.5. The molecule has 4 nitrogen and oxygen atoms in total. The molecule has 1 atom stereocenters. The Balaban J connectivity index is 2.63. The summed E-state index contributed by atoms with van der Waals surface area (Å²) in [6.45, 7) is 2.66. The van der Waals surface area contributed by atoms with E-state index in [9.17, 15) is 4.79 Å². The second kappa shape index (κ2) is 6.12. The topological polar surface area (TPSA) is 78.3 Å². The van der Waals surface area contributed by atoms with Crippen molar-refractivity contribution >= 4 is 5.91 Å². The third kappa shape index (κ3) is 3.55. The normalized spacial score (nSPS) is 12.1. The maximum Gasteiger partial charge on any atom is 0.248 e. The molecular weight excluding hydrogens is 204 g/mol. The van der Waals surface area contributed by atoms with Crippen molar-refractivity contribution in [2.75, 3.05) is 6.54 Å². The number of hydrogen-bond acceptors (Lipinski definition) is 3. The summed E-state index contributed by atoms with van der Waals surface area (Å²) in [6, 6.07) is 6.82. The van der Waals surface area contributed by atoms with Gasteiger partial charge in [-0.25, -0.2) is 0 Å². The molecule has 0 radical (unpaired) electrons. The second-order valence-corrected chi connectivity index (χ2v) is 3.61. The lowest BCUT2D eigenvalue weighted by atomic mass is 10.2. The monoisotopic (exact) mass is 222 g/mol. The minimum Gasteiger partial charge on any atom is -0.490 e. The molecule has 0 spiro atoms. The molecule has 0 aliphatic rings. The smallest absolute Gasteiger partial charge is 0.248 e. The molecular formula is C12H18N2O2. The molecule has 1 amide bonds. The molecule has 0 saturated heterocycles. The first-order valence-electron chi connectivity index (χ1n) is 5.44. The number of rotatable bonds is 6. The van der Waals surface area contributed by atoms with E-state index in [1.807, 2.05) is 0 Å². The van der Waals surface area contributed by atoms with Gasteiger partial charge in [0.2, 0.25) is 5.91 Å². The van der Waals surface area contributed by atoms with Crippen LogP contribution in [-0.4, -0.2) is 18.6 Å². The Morgan fingerprint density at radius 3 is 2.44 bits per heavy atom. The van der Waals surface area contributed by atoms with Crippen molar-refractivity contribution in [3.05, 3.63) is 29.8 Å². The van der Waals surface area contributed by atoms with Crippen LogP contribution in [0.2, 0.25) is 0 Å². The van der Waals surface area contributed by atoms with Crippen LogP contribution < -0.4 is 16.2 Å². The first kappa shape index (κ1) is 12.5. The van der Waals surface area contributed by atoms with E-state index in [1.54, 1.807) is 24.3 Å². The summed E-state index contributed by atoms with van der Waals surface area (Å²) < 4.78 is 5.71. The standard InChI is InChI=1S/C12H18N2O2/c1-2-10(7-8-13)16-11-5-3-9(4-6-11)12(14)15/h3-6,10H,2,7-8,13H2,1H3,(H2,14,15). The van der Waals surface area contributed by atoms with E-state index in [4.69, 9.17) is 16.2 Å². The first-order chi connectivity index (χ1) is 7.67. The van der Waals surface area contributed by atoms with Gasteiger partial charge in [0.15, 0.2) is 0 Å². The molecule has 1 aromatic carbocycles. The van der Waals surface area contributed by atoms with E-state index in [2.05, 4.69) is 6.92 Å². The number of primary amides is 1. The summed E-state index contributed by atoms with van der Waals surface area (Å²) in [5.74, 6) is 0.311. The van der Waals surface area contributed by atoms with Gasteiger partial charge in [0.05, 0.1) is 6.10 Å². The lowest BCUT2D eigenvalue weighted by Crippen LogP contribution is -2.19. The largest absolute Gasteiger partial charge is 0.490 e. The molecule has 4 heteroatoms. The molecule has 1 aromatic rings. The van der Waals surface area contributed by atoms with E-state index < -0.39 is 5.91 Å². The zero-order valence-corrected chi connectivity index (χ0v) is 9.48. The van der Waals surface area contributed by atoms with Gasteiger partial charge in [0, 0.05) is 5.56 Å². The van der Waals surface area contributed by atoms with Gasteiger partial charge in [-0.15, -0.1) is 0 Å². The van der Waals surface area contributed by atoms with Gasteiger partial charge in [-0.2, -0.15) is 0 Å². The number of carbonyl (C=O) groups excluding carboxylic acids is 1. The van der Waals surface area contributed by atoms with Gasteiger partial charge in [-0.3, -0.25) is 4.79 Å². The number of hydrogen-bond donors (Lipinski definition) is 2. The van der Waals surface area contributed by atoms with Crippen molar-refractivity contribution in [3.8, 4) is 5.75 Å². The average molecular weight is 222 g/mol. The number of amides is 1. The molecule has 4 N–H and O–H groups in total. The highest BCUT2D eigenvalue weighted by Gasteiger charge is 2.07. The van der Waals surface area contributed by atoms with Crippen LogP contribution in [0.3, 0.4) is 0 Å². The number of benzene rings is 1. The van der Waals surface area contributed by atoms with Crippen LogP contribution in [0.15, 0.2) is 24.3 Å². The molecule has 0 heterocycles. The van der Waals surface area contributed by atoms with Crippen LogP contribution in [0.1, 0.15) is 30.1 Å². The van der Waals surface area contributed by atoms with E-state index in [-0.39, 0.29) is 6.10 Å². The Bertz CT molecular complexity index is 335. The third-order valence-corrected chi connectivity index (χ3v) is 2.39. The molecule has 88 valence electrons. The van der Waals surface area contributed by atoms with Gasteiger partial charge in [-0.1, -0.05) is 6.92 Å². The average Bonchev–Trinajstić information content (AvgIpc) is 2.29. The van der Waals surface area contributed by atoms with Gasteiger partial charge >= 0.3 is 0 Å². The summed E-state index contributed by atoms with van der Waals surface area (Å²) >= 11 is 0. The molecule has 0 aliphatic heterocycles. The van der Waals surface area contributed by atoms with Crippen molar-refractivity contribution in [1.29, 1.82) is 0 Å². The summed E-state index contributed by atoms with van der Waals surface area (Å²) in [7, 11) is 0. The van der Waals surface area contributed by atoms with Gasteiger partial charge in [0.1, 0.15) is 5.75 Å². The molecule has 0 aliphatic carbocycles. The van der Waals surface area contributed by atoms with Crippen LogP contribution in [0, 0.1) is 0 Å². The molecule has 0 saturated carbocycles. The van der Waals surface area contributed by atoms with E-state index >= 15 is 0 Å². The Labute approximate surface area is 95.6 Å². The molecule has 1 rings (SSSR count). The van der Waals surface area contributed by atoms with E-state index in [0.717, 1.165) is 18.6 Å². The van der Waals surface area contributed by atoms with Crippen LogP contribution in [0.25, 0.3) is 0 Å². The third-order valence-electron chi connectivity index (χ3n) is 2.39. The van der Waals surface area contributed by atoms with Crippen LogP contribution in [0.4, 0.5) is 0 Å². The van der Waals surface area contributed by atoms with Crippen molar-refractivity contribution in [2.24, 2.45) is 11.5 Å². The highest BCUT2D eigenvalue weighted by molar-refractivity contribution is 5.92. The lowest BCUT2D eigenvalue weighted by Gasteiger charge is -2.16. The zero-order chi connectivity index (χ0) is 12.0. The van der Waals surface area contributed by atoms with Crippen molar-refractivity contribution in [3.63, 3.8) is 0 Å². The first-order valence-corrected chi connectivity index (χ1v) is 5.44. The number of ether oxygens (including phenoxy) is 1. The van der Waals surface area contributed by atoms with Crippen LogP contribution >= 0.6 is 0 Å². The van der Waals surface area contributed by atoms with Gasteiger partial charge in [0.25, 0.3) is 0 Å². The van der Waals surface area contributed by atoms with Crippen LogP contribution in [-0.2, 0) is 0 Å². The minimum absolute atomic E-state index is 0.129. The van der Waals surface area contributed by atoms with Crippen molar-refractivity contribution < 1.29 is 9.53 Å². The van der Waals surface area contributed by atoms with E-state index in [0.29, 0.717) is 12.1 Å². The van der Waals surface area contributed by atoms with Crippen molar-refractivity contribution in [1.82, 2.24) is 0 Å². The Morgan fingerprint density at radius 1 is 1.38 bits per heavy atom. The summed E-state index contributed by atoms with van der Waals surface area (Å²) in [5, 5.41) is 0. The minimum atomic E-state index is -0.430. The predicted octanol–water partition coefficient (Wildman–Crippen LogP) is 1.29. The number of nitrogens with two attached hydrogens (primary N) is 2. The second-order valence-electron chi connectivity index (χ2n) is 3.61. The van der Waals surface area contributed by atoms with Gasteiger partial charge in [-0.05, 0) is 43.7 Å². The lowest BCUT2D eigenvalue weighted by molar-refractivity contribution is 0.1000. The Morgan fingerprint density at radius 2 is 2.00 bits per heavy atom. The maximum atomic E-state index is 10.9. The Hall–Kier alpha value is -1.55. The Kier molecular flexibility index (Phi) is 4.79. The summed E-state index contributed by atoms with van der Waals surface area (Å²) in [6.07, 6.45) is 1.87.